The molecule has 0 bridgehead atoms. The van der Waals surface area contributed by atoms with Crippen LogP contribution in [0, 0.1) is 6.92 Å². The van der Waals surface area contributed by atoms with Crippen molar-refractivity contribution in [2.24, 2.45) is 0 Å². The summed E-state index contributed by atoms with van der Waals surface area (Å²) in [4.78, 5) is 40.0. The Balaban J connectivity index is 1.61. The second kappa shape index (κ2) is 6.85. The number of carbonyl (C=O) groups excluding carboxylic acids is 3. The minimum atomic E-state index is -0.459. The first kappa shape index (κ1) is 17.4. The fourth-order valence-electron chi connectivity index (χ4n) is 3.77. The minimum absolute atomic E-state index is 0.0172. The van der Waals surface area contributed by atoms with Crippen LogP contribution in [0.3, 0.4) is 0 Å². The molecule has 3 atom stereocenters. The molecule has 0 radical (unpaired) electrons. The number of fused-ring (bicyclic) bond motifs is 1. The first-order chi connectivity index (χ1) is 11.8. The van der Waals surface area contributed by atoms with E-state index in [2.05, 4.69) is 10.4 Å². The van der Waals surface area contributed by atoms with Crippen LogP contribution < -0.4 is 5.32 Å². The molecule has 0 aromatic carbocycles. The van der Waals surface area contributed by atoms with Gasteiger partial charge in [-0.05, 0) is 25.8 Å². The molecule has 3 amide bonds. The molecule has 8 heteroatoms. The molecule has 2 aliphatic heterocycles. The van der Waals surface area contributed by atoms with E-state index in [4.69, 9.17) is 0 Å². The zero-order valence-corrected chi connectivity index (χ0v) is 14.9. The minimum Gasteiger partial charge on any atom is -0.352 e. The summed E-state index contributed by atoms with van der Waals surface area (Å²) in [6, 6.07) is -0.503. The maximum atomic E-state index is 12.6. The molecule has 1 aromatic heterocycles. The van der Waals surface area contributed by atoms with Crippen molar-refractivity contribution in [1.29, 1.82) is 0 Å². The molecule has 3 unspecified atom stereocenters. The van der Waals surface area contributed by atoms with E-state index < -0.39 is 6.04 Å². The summed E-state index contributed by atoms with van der Waals surface area (Å²) in [6.45, 7) is 6.78. The van der Waals surface area contributed by atoms with Gasteiger partial charge in [-0.1, -0.05) is 0 Å². The lowest BCUT2D eigenvalue weighted by Crippen LogP contribution is -2.60. The molecule has 1 aromatic rings. The summed E-state index contributed by atoms with van der Waals surface area (Å²) in [7, 11) is 0. The van der Waals surface area contributed by atoms with Crippen LogP contribution >= 0.6 is 0 Å². The van der Waals surface area contributed by atoms with E-state index in [0.29, 0.717) is 32.5 Å². The van der Waals surface area contributed by atoms with Crippen LogP contribution in [-0.2, 0) is 20.9 Å². The van der Waals surface area contributed by atoms with Gasteiger partial charge in [-0.25, -0.2) is 0 Å². The zero-order chi connectivity index (χ0) is 18.1. The summed E-state index contributed by atoms with van der Waals surface area (Å²) < 4.78 is 1.75. The van der Waals surface area contributed by atoms with Crippen molar-refractivity contribution in [3.63, 3.8) is 0 Å². The van der Waals surface area contributed by atoms with E-state index in [1.807, 2.05) is 18.0 Å². The molecule has 2 fully saturated rings. The van der Waals surface area contributed by atoms with Gasteiger partial charge in [0, 0.05) is 45.2 Å². The number of rotatable bonds is 4. The zero-order valence-electron chi connectivity index (χ0n) is 14.9. The molecular formula is C17H25N5O3. The standard InChI is InChI=1S/C17H25N5O3/c1-11-7-18-20(8-11)5-4-16(24)21-10-15-6-14(19-13(3)23)9-22(15)17(25)12(21)2/h7-8,12,14-15H,4-6,9-10H2,1-3H3,(H,19,23). The lowest BCUT2D eigenvalue weighted by molar-refractivity contribution is -0.152. The van der Waals surface area contributed by atoms with Gasteiger partial charge in [0.25, 0.3) is 0 Å². The smallest absolute Gasteiger partial charge is 0.245 e. The van der Waals surface area contributed by atoms with Gasteiger partial charge < -0.3 is 15.1 Å². The average Bonchev–Trinajstić information content (AvgIpc) is 3.14. The topological polar surface area (TPSA) is 87.5 Å². The highest BCUT2D eigenvalue weighted by atomic mass is 16.2. The summed E-state index contributed by atoms with van der Waals surface area (Å²) in [5.41, 5.74) is 1.06. The number of carbonyl (C=O) groups is 3. The summed E-state index contributed by atoms with van der Waals surface area (Å²) >= 11 is 0. The molecule has 0 saturated carbocycles. The average molecular weight is 347 g/mol. The Morgan fingerprint density at radius 2 is 2.12 bits per heavy atom. The number of hydrogen-bond donors (Lipinski definition) is 1. The first-order valence-corrected chi connectivity index (χ1v) is 8.71. The van der Waals surface area contributed by atoms with Crippen LogP contribution in [0.1, 0.15) is 32.3 Å². The number of hydrogen-bond acceptors (Lipinski definition) is 4. The van der Waals surface area contributed by atoms with E-state index in [9.17, 15) is 14.4 Å². The van der Waals surface area contributed by atoms with Crippen LogP contribution in [0.4, 0.5) is 0 Å². The predicted octanol–water partition coefficient (Wildman–Crippen LogP) is -0.0821. The van der Waals surface area contributed by atoms with Crippen LogP contribution in [0.15, 0.2) is 12.4 Å². The molecule has 136 valence electrons. The van der Waals surface area contributed by atoms with Gasteiger partial charge >= 0.3 is 0 Å². The third kappa shape index (κ3) is 3.67. The molecule has 2 aliphatic rings. The first-order valence-electron chi connectivity index (χ1n) is 8.71. The number of nitrogens with one attached hydrogen (secondary N) is 1. The second-order valence-corrected chi connectivity index (χ2v) is 7.03. The van der Waals surface area contributed by atoms with Gasteiger partial charge in [0.2, 0.25) is 17.7 Å². The molecule has 0 spiro atoms. The highest BCUT2D eigenvalue weighted by Crippen LogP contribution is 2.26. The monoisotopic (exact) mass is 347 g/mol. The second-order valence-electron chi connectivity index (χ2n) is 7.03. The Morgan fingerprint density at radius 1 is 1.36 bits per heavy atom. The SMILES string of the molecule is CC(=O)NC1CC2CN(C(=O)CCn3cc(C)cn3)C(C)C(=O)N2C1. The van der Waals surface area contributed by atoms with Crippen LogP contribution in [-0.4, -0.2) is 68.5 Å². The van der Waals surface area contributed by atoms with Crippen molar-refractivity contribution in [3.8, 4) is 0 Å². The summed E-state index contributed by atoms with van der Waals surface area (Å²) in [5, 5.41) is 7.07. The van der Waals surface area contributed by atoms with E-state index in [1.54, 1.807) is 22.7 Å². The largest absolute Gasteiger partial charge is 0.352 e. The Kier molecular flexibility index (Phi) is 4.78. The fourth-order valence-corrected chi connectivity index (χ4v) is 3.77. The van der Waals surface area contributed by atoms with E-state index in [-0.39, 0.29) is 29.8 Å². The third-order valence-corrected chi connectivity index (χ3v) is 4.97. The van der Waals surface area contributed by atoms with Crippen molar-refractivity contribution in [1.82, 2.24) is 24.9 Å². The lowest BCUT2D eigenvalue weighted by Gasteiger charge is -2.41. The Bertz CT molecular complexity index is 686. The van der Waals surface area contributed by atoms with Crippen molar-refractivity contribution in [2.75, 3.05) is 13.1 Å². The number of nitrogens with zero attached hydrogens (tertiary/aromatic N) is 4. The number of aromatic nitrogens is 2. The quantitative estimate of drug-likeness (QED) is 0.825. The highest BCUT2D eigenvalue weighted by Gasteiger charge is 2.45. The molecular weight excluding hydrogens is 322 g/mol. The van der Waals surface area contributed by atoms with Gasteiger partial charge in [0.1, 0.15) is 6.04 Å². The van der Waals surface area contributed by atoms with Crippen LogP contribution in [0.5, 0.6) is 0 Å². The van der Waals surface area contributed by atoms with Gasteiger partial charge in [0.05, 0.1) is 12.2 Å². The molecule has 8 nitrogen and oxygen atoms in total. The van der Waals surface area contributed by atoms with E-state index in [1.165, 1.54) is 6.92 Å². The molecule has 2 saturated heterocycles. The molecule has 1 N–H and O–H groups in total. The highest BCUT2D eigenvalue weighted by molar-refractivity contribution is 5.89. The van der Waals surface area contributed by atoms with E-state index in [0.717, 1.165) is 5.56 Å². The van der Waals surface area contributed by atoms with Gasteiger partial charge in [0.15, 0.2) is 0 Å². The molecule has 25 heavy (non-hydrogen) atoms. The fraction of sp³-hybridized carbons (Fsp3) is 0.647. The Hall–Kier alpha value is -2.38. The van der Waals surface area contributed by atoms with Gasteiger partial charge in [-0.3, -0.25) is 19.1 Å². The number of aryl methyl sites for hydroxylation is 2. The third-order valence-electron chi connectivity index (χ3n) is 4.97. The number of amides is 3. The maximum Gasteiger partial charge on any atom is 0.245 e. The Labute approximate surface area is 147 Å². The van der Waals surface area contributed by atoms with Gasteiger partial charge in [-0.2, -0.15) is 5.10 Å². The van der Waals surface area contributed by atoms with E-state index >= 15 is 0 Å². The number of piperazine rings is 1. The van der Waals surface area contributed by atoms with Crippen molar-refractivity contribution in [2.45, 2.75) is 58.3 Å². The molecule has 3 rings (SSSR count). The molecule has 0 aliphatic carbocycles. The van der Waals surface area contributed by atoms with Crippen molar-refractivity contribution < 1.29 is 14.4 Å². The summed E-state index contributed by atoms with van der Waals surface area (Å²) in [6.07, 6.45) is 4.67. The predicted molar refractivity (Wildman–Crippen MR) is 90.5 cm³/mol. The van der Waals surface area contributed by atoms with Gasteiger partial charge in [-0.15, -0.1) is 0 Å². The van der Waals surface area contributed by atoms with Crippen LogP contribution in [0.25, 0.3) is 0 Å². The van der Waals surface area contributed by atoms with Crippen molar-refractivity contribution in [3.05, 3.63) is 18.0 Å². The van der Waals surface area contributed by atoms with Crippen molar-refractivity contribution >= 4 is 17.7 Å². The molecule has 3 heterocycles. The van der Waals surface area contributed by atoms with Crippen LogP contribution in [0.2, 0.25) is 0 Å². The Morgan fingerprint density at radius 3 is 2.76 bits per heavy atom. The normalized spacial score (nSPS) is 25.9. The maximum absolute atomic E-state index is 12.6. The lowest BCUT2D eigenvalue weighted by atomic mass is 10.1. The summed E-state index contributed by atoms with van der Waals surface area (Å²) in [5.74, 6) is -0.156.